The number of hydrogen-bond donors (Lipinski definition) is 1. The van der Waals surface area contributed by atoms with E-state index < -0.39 is 0 Å². The highest BCUT2D eigenvalue weighted by molar-refractivity contribution is 5.96. The number of fused-ring (bicyclic) bond motifs is 1. The molecule has 0 aliphatic carbocycles. The Bertz CT molecular complexity index is 1140. The Morgan fingerprint density at radius 3 is 2.56 bits per heavy atom. The molecule has 0 aliphatic heterocycles. The first-order chi connectivity index (χ1) is 13.2. The van der Waals surface area contributed by atoms with Crippen LogP contribution in [-0.2, 0) is 6.54 Å². The molecule has 5 nitrogen and oxygen atoms in total. The number of nitriles is 1. The fourth-order valence-corrected chi connectivity index (χ4v) is 2.89. The molecule has 0 fully saturated rings. The summed E-state index contributed by atoms with van der Waals surface area (Å²) in [5.74, 6) is -0.152. The van der Waals surface area contributed by atoms with Crippen LogP contribution in [0.1, 0.15) is 21.5 Å². The molecular formula is C22H15N3O2. The van der Waals surface area contributed by atoms with Gasteiger partial charge in [-0.15, -0.1) is 0 Å². The Kier molecular flexibility index (Phi) is 4.38. The standard InChI is InChI=1S/C22H15N3O2/c23-13-15-1-3-16(4-2-15)14-25-22(26)18-7-5-17(6-8-18)21-19-10-12-27-20(19)9-11-24-21/h1-12H,14H2,(H,25,26). The molecule has 0 radical (unpaired) electrons. The first-order valence-electron chi connectivity index (χ1n) is 8.44. The molecule has 0 bridgehead atoms. The Morgan fingerprint density at radius 2 is 1.81 bits per heavy atom. The third-order valence-electron chi connectivity index (χ3n) is 4.34. The lowest BCUT2D eigenvalue weighted by Gasteiger charge is -2.07. The summed E-state index contributed by atoms with van der Waals surface area (Å²) in [6.07, 6.45) is 3.35. The second-order valence-electron chi connectivity index (χ2n) is 6.06. The van der Waals surface area contributed by atoms with Crippen LogP contribution < -0.4 is 5.32 Å². The molecule has 0 saturated carbocycles. The zero-order chi connectivity index (χ0) is 18.6. The van der Waals surface area contributed by atoms with Crippen LogP contribution in [-0.4, -0.2) is 10.9 Å². The summed E-state index contributed by atoms with van der Waals surface area (Å²) in [5, 5.41) is 12.6. The molecule has 2 aromatic heterocycles. The van der Waals surface area contributed by atoms with Gasteiger partial charge in [0.15, 0.2) is 0 Å². The number of carbonyl (C=O) groups is 1. The average Bonchev–Trinajstić information content (AvgIpc) is 3.21. The molecule has 1 N–H and O–H groups in total. The van der Waals surface area contributed by atoms with Crippen molar-refractivity contribution in [2.75, 3.05) is 0 Å². The van der Waals surface area contributed by atoms with Crippen LogP contribution in [0.5, 0.6) is 0 Å². The number of aromatic nitrogens is 1. The van der Waals surface area contributed by atoms with Crippen LogP contribution in [0.2, 0.25) is 0 Å². The van der Waals surface area contributed by atoms with Crippen molar-refractivity contribution in [3.8, 4) is 17.3 Å². The monoisotopic (exact) mass is 353 g/mol. The molecular weight excluding hydrogens is 338 g/mol. The molecule has 0 aliphatic rings. The van der Waals surface area contributed by atoms with Gasteiger partial charge in [0.05, 0.1) is 23.6 Å². The number of nitrogens with one attached hydrogen (secondary N) is 1. The first-order valence-corrected chi connectivity index (χ1v) is 8.44. The largest absolute Gasteiger partial charge is 0.464 e. The van der Waals surface area contributed by atoms with Crippen molar-refractivity contribution in [2.45, 2.75) is 6.54 Å². The normalized spacial score (nSPS) is 10.5. The van der Waals surface area contributed by atoms with Gasteiger partial charge in [0.1, 0.15) is 5.58 Å². The van der Waals surface area contributed by atoms with Crippen LogP contribution >= 0.6 is 0 Å². The number of nitrogens with zero attached hydrogens (tertiary/aromatic N) is 2. The smallest absolute Gasteiger partial charge is 0.251 e. The van der Waals surface area contributed by atoms with Gasteiger partial charge in [0.25, 0.3) is 5.91 Å². The summed E-state index contributed by atoms with van der Waals surface area (Å²) in [6, 6.07) is 20.2. The summed E-state index contributed by atoms with van der Waals surface area (Å²) >= 11 is 0. The van der Waals surface area contributed by atoms with Crippen LogP contribution in [0, 0.1) is 11.3 Å². The number of rotatable bonds is 4. The lowest BCUT2D eigenvalue weighted by atomic mass is 10.1. The number of amides is 1. The fourth-order valence-electron chi connectivity index (χ4n) is 2.89. The topological polar surface area (TPSA) is 78.9 Å². The minimum atomic E-state index is -0.152. The van der Waals surface area contributed by atoms with Crippen LogP contribution in [0.4, 0.5) is 0 Å². The second-order valence-corrected chi connectivity index (χ2v) is 6.06. The van der Waals surface area contributed by atoms with Crippen molar-refractivity contribution in [2.24, 2.45) is 0 Å². The van der Waals surface area contributed by atoms with Gasteiger partial charge >= 0.3 is 0 Å². The Morgan fingerprint density at radius 1 is 1.04 bits per heavy atom. The molecule has 4 aromatic rings. The molecule has 1 amide bonds. The summed E-state index contributed by atoms with van der Waals surface area (Å²) in [5.41, 5.74) is 4.64. The van der Waals surface area contributed by atoms with Crippen molar-refractivity contribution in [1.82, 2.24) is 10.3 Å². The van der Waals surface area contributed by atoms with Gasteiger partial charge < -0.3 is 9.73 Å². The van der Waals surface area contributed by atoms with E-state index in [0.717, 1.165) is 27.8 Å². The Hall–Kier alpha value is -3.91. The number of pyridine rings is 1. The van der Waals surface area contributed by atoms with Gasteiger partial charge in [-0.3, -0.25) is 9.78 Å². The van der Waals surface area contributed by atoms with Gasteiger partial charge in [-0.1, -0.05) is 24.3 Å². The van der Waals surface area contributed by atoms with E-state index in [4.69, 9.17) is 9.68 Å². The van der Waals surface area contributed by atoms with Gasteiger partial charge in [-0.25, -0.2) is 0 Å². The van der Waals surface area contributed by atoms with E-state index in [1.807, 2.05) is 36.4 Å². The van der Waals surface area contributed by atoms with E-state index >= 15 is 0 Å². The maximum absolute atomic E-state index is 12.4. The molecule has 4 rings (SSSR count). The molecule has 2 heterocycles. The Labute approximate surface area is 155 Å². The highest BCUT2D eigenvalue weighted by Gasteiger charge is 2.09. The average molecular weight is 353 g/mol. The summed E-state index contributed by atoms with van der Waals surface area (Å²) < 4.78 is 5.41. The molecule has 27 heavy (non-hydrogen) atoms. The zero-order valence-corrected chi connectivity index (χ0v) is 14.3. The maximum atomic E-state index is 12.4. The summed E-state index contributed by atoms with van der Waals surface area (Å²) in [4.78, 5) is 16.8. The molecule has 2 aromatic carbocycles. The van der Waals surface area contributed by atoms with Crippen LogP contribution in [0.3, 0.4) is 0 Å². The molecule has 130 valence electrons. The van der Waals surface area contributed by atoms with Crippen molar-refractivity contribution in [3.63, 3.8) is 0 Å². The molecule has 0 unspecified atom stereocenters. The number of hydrogen-bond acceptors (Lipinski definition) is 4. The summed E-state index contributed by atoms with van der Waals surface area (Å²) in [6.45, 7) is 0.405. The first kappa shape index (κ1) is 16.6. The van der Waals surface area contributed by atoms with E-state index in [0.29, 0.717) is 17.7 Å². The van der Waals surface area contributed by atoms with Gasteiger partial charge in [-0.2, -0.15) is 5.26 Å². The molecule has 0 spiro atoms. The van der Waals surface area contributed by atoms with Crippen molar-refractivity contribution in [1.29, 1.82) is 5.26 Å². The minimum Gasteiger partial charge on any atom is -0.464 e. The number of benzene rings is 2. The van der Waals surface area contributed by atoms with Crippen molar-refractivity contribution < 1.29 is 9.21 Å². The second kappa shape index (κ2) is 7.14. The van der Waals surface area contributed by atoms with Gasteiger partial charge in [-0.05, 0) is 42.0 Å². The quantitative estimate of drug-likeness (QED) is 0.593. The van der Waals surface area contributed by atoms with Gasteiger partial charge in [0, 0.05) is 29.3 Å². The van der Waals surface area contributed by atoms with Crippen LogP contribution in [0.15, 0.2) is 77.5 Å². The Balaban J connectivity index is 1.47. The van der Waals surface area contributed by atoms with E-state index in [1.165, 1.54) is 0 Å². The predicted molar refractivity (Wildman–Crippen MR) is 102 cm³/mol. The molecule has 0 saturated heterocycles. The predicted octanol–water partition coefficient (Wildman–Crippen LogP) is 4.30. The minimum absolute atomic E-state index is 0.152. The maximum Gasteiger partial charge on any atom is 0.251 e. The molecule has 0 atom stereocenters. The lowest BCUT2D eigenvalue weighted by molar-refractivity contribution is 0.0951. The number of furan rings is 1. The summed E-state index contributed by atoms with van der Waals surface area (Å²) in [7, 11) is 0. The van der Waals surface area contributed by atoms with E-state index in [2.05, 4.69) is 16.4 Å². The lowest BCUT2D eigenvalue weighted by Crippen LogP contribution is -2.22. The van der Waals surface area contributed by atoms with Crippen molar-refractivity contribution >= 4 is 16.9 Å². The van der Waals surface area contributed by atoms with E-state index in [-0.39, 0.29) is 5.91 Å². The SMILES string of the molecule is N#Cc1ccc(CNC(=O)c2ccc(-c3nccc4occc34)cc2)cc1. The zero-order valence-electron chi connectivity index (χ0n) is 14.3. The van der Waals surface area contributed by atoms with E-state index in [9.17, 15) is 4.79 Å². The number of carbonyl (C=O) groups excluding carboxylic acids is 1. The highest BCUT2D eigenvalue weighted by atomic mass is 16.3. The van der Waals surface area contributed by atoms with E-state index in [1.54, 1.807) is 36.7 Å². The van der Waals surface area contributed by atoms with Crippen molar-refractivity contribution in [3.05, 3.63) is 89.8 Å². The van der Waals surface area contributed by atoms with Crippen LogP contribution in [0.25, 0.3) is 22.2 Å². The fraction of sp³-hybridized carbons (Fsp3) is 0.0455. The third-order valence-corrected chi connectivity index (χ3v) is 4.34. The molecule has 5 heteroatoms. The van der Waals surface area contributed by atoms with Gasteiger partial charge in [0.2, 0.25) is 0 Å². The third kappa shape index (κ3) is 3.42. The highest BCUT2D eigenvalue weighted by Crippen LogP contribution is 2.27.